The van der Waals surface area contributed by atoms with Crippen molar-refractivity contribution in [2.24, 2.45) is 0 Å². The molecule has 2 aromatic rings. The molecule has 2 rings (SSSR count). The van der Waals surface area contributed by atoms with Gasteiger partial charge in [0.2, 0.25) is 0 Å². The monoisotopic (exact) mass is 319 g/mol. The number of methoxy groups -OCH3 is 1. The molecule has 0 amide bonds. The number of nitro groups is 1. The number of carbonyl (C=O) groups is 1. The molecule has 1 aromatic carbocycles. The molecule has 0 fully saturated rings. The van der Waals surface area contributed by atoms with Crippen LogP contribution in [0.4, 0.5) is 15.9 Å². The zero-order chi connectivity index (χ0) is 17.0. The van der Waals surface area contributed by atoms with E-state index in [1.165, 1.54) is 31.4 Å². The minimum Gasteiger partial charge on any atom is -0.465 e. The van der Waals surface area contributed by atoms with Crippen molar-refractivity contribution >= 4 is 17.5 Å². The standard InChI is InChI=1S/C15H14FN3O4/c1-9-5-14(18-8-13(9)19(21)22)17-7-11-6-10(15(20)23-2)3-4-12(11)16/h3-6,8H,7H2,1-2H3,(H,17,18). The first-order valence-corrected chi connectivity index (χ1v) is 6.64. The van der Waals surface area contributed by atoms with E-state index in [9.17, 15) is 19.3 Å². The Hall–Kier alpha value is -3.03. The highest BCUT2D eigenvalue weighted by Gasteiger charge is 2.13. The van der Waals surface area contributed by atoms with E-state index in [-0.39, 0.29) is 23.4 Å². The van der Waals surface area contributed by atoms with Gasteiger partial charge in [-0.1, -0.05) is 0 Å². The molecule has 0 aliphatic heterocycles. The van der Waals surface area contributed by atoms with E-state index in [1.54, 1.807) is 6.92 Å². The first kappa shape index (κ1) is 16.3. The van der Waals surface area contributed by atoms with Gasteiger partial charge in [-0.25, -0.2) is 14.2 Å². The van der Waals surface area contributed by atoms with Crippen molar-refractivity contribution < 1.29 is 18.8 Å². The Balaban J connectivity index is 2.16. The number of aromatic nitrogens is 1. The molecule has 0 saturated carbocycles. The number of aryl methyl sites for hydroxylation is 1. The Morgan fingerprint density at radius 1 is 1.43 bits per heavy atom. The summed E-state index contributed by atoms with van der Waals surface area (Å²) in [6.07, 6.45) is 1.14. The van der Waals surface area contributed by atoms with Gasteiger partial charge in [-0.15, -0.1) is 0 Å². The highest BCUT2D eigenvalue weighted by Crippen LogP contribution is 2.20. The number of nitrogens with zero attached hydrogens (tertiary/aromatic N) is 2. The number of nitrogens with one attached hydrogen (secondary N) is 1. The largest absolute Gasteiger partial charge is 0.465 e. The third-order valence-corrected chi connectivity index (χ3v) is 3.21. The Labute approximate surface area is 131 Å². The van der Waals surface area contributed by atoms with E-state index in [0.29, 0.717) is 11.4 Å². The summed E-state index contributed by atoms with van der Waals surface area (Å²) in [6, 6.07) is 5.39. The van der Waals surface area contributed by atoms with Crippen LogP contribution in [0.15, 0.2) is 30.5 Å². The molecule has 7 nitrogen and oxygen atoms in total. The van der Waals surface area contributed by atoms with Crippen molar-refractivity contribution in [2.45, 2.75) is 13.5 Å². The summed E-state index contributed by atoms with van der Waals surface area (Å²) >= 11 is 0. The molecule has 1 aromatic heterocycles. The first-order chi connectivity index (χ1) is 10.9. The van der Waals surface area contributed by atoms with E-state index < -0.39 is 16.7 Å². The van der Waals surface area contributed by atoms with Gasteiger partial charge in [0.15, 0.2) is 0 Å². The number of benzene rings is 1. The summed E-state index contributed by atoms with van der Waals surface area (Å²) in [5.41, 5.74) is 0.843. The van der Waals surface area contributed by atoms with Crippen molar-refractivity contribution in [3.8, 4) is 0 Å². The maximum Gasteiger partial charge on any atom is 0.337 e. The van der Waals surface area contributed by atoms with Crippen LogP contribution in [0.1, 0.15) is 21.5 Å². The number of hydrogen-bond acceptors (Lipinski definition) is 6. The van der Waals surface area contributed by atoms with Gasteiger partial charge >= 0.3 is 5.97 Å². The maximum atomic E-state index is 13.8. The minimum atomic E-state index is -0.560. The highest BCUT2D eigenvalue weighted by atomic mass is 19.1. The van der Waals surface area contributed by atoms with E-state index >= 15 is 0 Å². The fourth-order valence-corrected chi connectivity index (χ4v) is 1.98. The number of carbonyl (C=O) groups excluding carboxylic acids is 1. The lowest BCUT2D eigenvalue weighted by Crippen LogP contribution is -2.07. The quantitative estimate of drug-likeness (QED) is 0.517. The summed E-state index contributed by atoms with van der Waals surface area (Å²) in [5.74, 6) is -0.671. The number of esters is 1. The van der Waals surface area contributed by atoms with Gasteiger partial charge in [0.05, 0.1) is 17.6 Å². The van der Waals surface area contributed by atoms with Gasteiger partial charge in [-0.05, 0) is 31.2 Å². The molecule has 1 N–H and O–H groups in total. The van der Waals surface area contributed by atoms with Gasteiger partial charge in [-0.3, -0.25) is 10.1 Å². The predicted molar refractivity (Wildman–Crippen MR) is 80.7 cm³/mol. The lowest BCUT2D eigenvalue weighted by atomic mass is 10.1. The second-order valence-corrected chi connectivity index (χ2v) is 4.76. The smallest absolute Gasteiger partial charge is 0.337 e. The molecule has 0 atom stereocenters. The van der Waals surface area contributed by atoms with Gasteiger partial charge in [0.25, 0.3) is 5.69 Å². The summed E-state index contributed by atoms with van der Waals surface area (Å²) in [4.78, 5) is 25.6. The van der Waals surface area contributed by atoms with Gasteiger partial charge in [0.1, 0.15) is 17.8 Å². The summed E-state index contributed by atoms with van der Waals surface area (Å²) < 4.78 is 18.4. The SMILES string of the molecule is COC(=O)c1ccc(F)c(CNc2cc(C)c([N+](=O)[O-])cn2)c1. The molecule has 1 heterocycles. The summed E-state index contributed by atoms with van der Waals surface area (Å²) in [7, 11) is 1.24. The lowest BCUT2D eigenvalue weighted by molar-refractivity contribution is -0.385. The average Bonchev–Trinajstić information content (AvgIpc) is 2.53. The van der Waals surface area contributed by atoms with Crippen molar-refractivity contribution in [2.75, 3.05) is 12.4 Å². The summed E-state index contributed by atoms with van der Waals surface area (Å²) in [5, 5.41) is 13.6. The minimum absolute atomic E-state index is 0.0704. The normalized spacial score (nSPS) is 10.2. The maximum absolute atomic E-state index is 13.8. The molecule has 8 heteroatoms. The molecule has 0 saturated heterocycles. The van der Waals surface area contributed by atoms with Crippen molar-refractivity contribution in [1.82, 2.24) is 4.98 Å². The number of pyridine rings is 1. The predicted octanol–water partition coefficient (Wildman–Crippen LogP) is 2.84. The molecule has 0 unspecified atom stereocenters. The van der Waals surface area contributed by atoms with Crippen LogP contribution < -0.4 is 5.32 Å². The lowest BCUT2D eigenvalue weighted by Gasteiger charge is -2.09. The van der Waals surface area contributed by atoms with Crippen LogP contribution >= 0.6 is 0 Å². The zero-order valence-electron chi connectivity index (χ0n) is 12.5. The van der Waals surface area contributed by atoms with Crippen molar-refractivity contribution in [3.05, 3.63) is 63.1 Å². The van der Waals surface area contributed by atoms with E-state index in [2.05, 4.69) is 15.0 Å². The van der Waals surface area contributed by atoms with Gasteiger partial charge in [-0.2, -0.15) is 0 Å². The molecule has 120 valence electrons. The second-order valence-electron chi connectivity index (χ2n) is 4.76. The number of halogens is 1. The molecule has 0 bridgehead atoms. The first-order valence-electron chi connectivity index (χ1n) is 6.64. The third-order valence-electron chi connectivity index (χ3n) is 3.21. The second kappa shape index (κ2) is 6.82. The molecule has 0 spiro atoms. The highest BCUT2D eigenvalue weighted by molar-refractivity contribution is 5.89. The molecular weight excluding hydrogens is 305 g/mol. The van der Waals surface area contributed by atoms with Crippen LogP contribution in [0.25, 0.3) is 0 Å². The fourth-order valence-electron chi connectivity index (χ4n) is 1.98. The molecular formula is C15H14FN3O4. The molecule has 0 aliphatic rings. The van der Waals surface area contributed by atoms with Crippen molar-refractivity contribution in [1.29, 1.82) is 0 Å². The van der Waals surface area contributed by atoms with E-state index in [0.717, 1.165) is 6.20 Å². The Morgan fingerprint density at radius 2 is 2.17 bits per heavy atom. The third kappa shape index (κ3) is 3.79. The Kier molecular flexibility index (Phi) is 4.85. The Bertz CT molecular complexity index is 764. The number of anilines is 1. The fraction of sp³-hybridized carbons (Fsp3) is 0.200. The van der Waals surface area contributed by atoms with Crippen LogP contribution in [-0.2, 0) is 11.3 Å². The molecule has 0 aliphatic carbocycles. The zero-order valence-corrected chi connectivity index (χ0v) is 12.5. The van der Waals surface area contributed by atoms with Crippen LogP contribution in [-0.4, -0.2) is 23.0 Å². The average molecular weight is 319 g/mol. The van der Waals surface area contributed by atoms with E-state index in [1.807, 2.05) is 0 Å². The van der Waals surface area contributed by atoms with Gasteiger partial charge in [0, 0.05) is 17.7 Å². The topological polar surface area (TPSA) is 94.4 Å². The van der Waals surface area contributed by atoms with Crippen molar-refractivity contribution in [3.63, 3.8) is 0 Å². The van der Waals surface area contributed by atoms with Crippen LogP contribution in [0.2, 0.25) is 0 Å². The van der Waals surface area contributed by atoms with Crippen LogP contribution in [0, 0.1) is 22.9 Å². The van der Waals surface area contributed by atoms with E-state index in [4.69, 9.17) is 0 Å². The van der Waals surface area contributed by atoms with Crippen LogP contribution in [0.3, 0.4) is 0 Å². The number of rotatable bonds is 5. The Morgan fingerprint density at radius 3 is 2.78 bits per heavy atom. The van der Waals surface area contributed by atoms with Crippen LogP contribution in [0.5, 0.6) is 0 Å². The van der Waals surface area contributed by atoms with Gasteiger partial charge < -0.3 is 10.1 Å². The number of ether oxygens (including phenoxy) is 1. The summed E-state index contributed by atoms with van der Waals surface area (Å²) in [6.45, 7) is 1.66. The molecule has 23 heavy (non-hydrogen) atoms. The molecule has 0 radical (unpaired) electrons. The number of hydrogen-bond donors (Lipinski definition) is 1.